The van der Waals surface area contributed by atoms with Gasteiger partial charge in [-0.05, 0) is 31.5 Å². The van der Waals surface area contributed by atoms with Crippen LogP contribution in [0.5, 0.6) is 11.5 Å². The molecule has 10 heteroatoms. The van der Waals surface area contributed by atoms with E-state index in [4.69, 9.17) is 14.2 Å². The second-order valence-corrected chi connectivity index (χ2v) is 7.95. The summed E-state index contributed by atoms with van der Waals surface area (Å²) in [6.07, 6.45) is 0. The Morgan fingerprint density at radius 1 is 1.16 bits per heavy atom. The zero-order valence-electron chi connectivity index (χ0n) is 18.7. The molecule has 0 spiro atoms. The third-order valence-electron chi connectivity index (χ3n) is 5.19. The molecule has 1 amide bonds. The van der Waals surface area contributed by atoms with Crippen molar-refractivity contribution in [3.63, 3.8) is 0 Å². The minimum atomic E-state index is 0.0564. The molecule has 170 valence electrons. The number of hydrogen-bond donors (Lipinski definition) is 0. The highest BCUT2D eigenvalue weighted by Crippen LogP contribution is 2.28. The van der Waals surface area contributed by atoms with Gasteiger partial charge < -0.3 is 24.0 Å². The number of carbonyl (C=O) groups excluding carboxylic acids is 1. The smallest absolute Gasteiger partial charge is 0.233 e. The van der Waals surface area contributed by atoms with Gasteiger partial charge in [0, 0.05) is 32.7 Å². The van der Waals surface area contributed by atoms with Gasteiger partial charge in [-0.3, -0.25) is 9.36 Å². The highest BCUT2D eigenvalue weighted by atomic mass is 32.2. The highest BCUT2D eigenvalue weighted by Gasteiger charge is 2.21. The van der Waals surface area contributed by atoms with Crippen molar-refractivity contribution in [3.05, 3.63) is 23.8 Å². The molecule has 0 aliphatic carbocycles. The Bertz CT molecular complexity index is 869. The van der Waals surface area contributed by atoms with E-state index in [1.807, 2.05) is 30.0 Å². The molecule has 0 saturated carbocycles. The number of aromatic nitrogens is 3. The molecule has 3 rings (SSSR count). The van der Waals surface area contributed by atoms with Crippen molar-refractivity contribution < 1.29 is 19.0 Å². The number of ether oxygens (including phenoxy) is 3. The van der Waals surface area contributed by atoms with E-state index >= 15 is 0 Å². The number of anilines is 1. The van der Waals surface area contributed by atoms with Crippen LogP contribution in [0.4, 0.5) is 5.95 Å². The molecular weight excluding hydrogens is 418 g/mol. The van der Waals surface area contributed by atoms with E-state index in [0.29, 0.717) is 43.6 Å². The first-order valence-corrected chi connectivity index (χ1v) is 11.5. The van der Waals surface area contributed by atoms with Gasteiger partial charge in [-0.1, -0.05) is 17.8 Å². The Morgan fingerprint density at radius 3 is 2.55 bits per heavy atom. The molecule has 1 fully saturated rings. The van der Waals surface area contributed by atoms with Gasteiger partial charge in [0.15, 0.2) is 16.7 Å². The molecule has 1 aliphatic heterocycles. The standard InChI is InChI=1S/C21H31N5O4S/c1-5-24(14-16-7-8-17(28-3)18(13-16)29-4)19(27)15-31-21-23-22-20(26(21)6-2)25-9-11-30-12-10-25/h7-8,13H,5-6,9-12,14-15H2,1-4H3. The number of hydrogen-bond acceptors (Lipinski definition) is 8. The summed E-state index contributed by atoms with van der Waals surface area (Å²) in [6.45, 7) is 8.91. The largest absolute Gasteiger partial charge is 0.493 e. The molecule has 0 bridgehead atoms. The van der Waals surface area contributed by atoms with Crippen LogP contribution in [-0.4, -0.2) is 78.4 Å². The maximum absolute atomic E-state index is 12.9. The molecule has 0 atom stereocenters. The lowest BCUT2D eigenvalue weighted by atomic mass is 10.2. The molecule has 1 aliphatic rings. The monoisotopic (exact) mass is 449 g/mol. The van der Waals surface area contributed by atoms with E-state index in [0.717, 1.165) is 36.3 Å². The van der Waals surface area contributed by atoms with Crippen LogP contribution >= 0.6 is 11.8 Å². The van der Waals surface area contributed by atoms with Crippen LogP contribution in [0, 0.1) is 0 Å². The predicted octanol–water partition coefficient (Wildman–Crippen LogP) is 2.29. The van der Waals surface area contributed by atoms with E-state index in [2.05, 4.69) is 26.6 Å². The Morgan fingerprint density at radius 2 is 1.90 bits per heavy atom. The van der Waals surface area contributed by atoms with E-state index < -0.39 is 0 Å². The van der Waals surface area contributed by atoms with Crippen LogP contribution in [0.2, 0.25) is 0 Å². The summed E-state index contributed by atoms with van der Waals surface area (Å²) < 4.78 is 18.2. The van der Waals surface area contributed by atoms with Crippen molar-refractivity contribution in [2.45, 2.75) is 32.1 Å². The van der Waals surface area contributed by atoms with Gasteiger partial charge in [-0.25, -0.2) is 0 Å². The lowest BCUT2D eigenvalue weighted by Crippen LogP contribution is -2.38. The summed E-state index contributed by atoms with van der Waals surface area (Å²) in [5.41, 5.74) is 0.990. The molecule has 0 radical (unpaired) electrons. The van der Waals surface area contributed by atoms with Crippen LogP contribution in [0.25, 0.3) is 0 Å². The minimum Gasteiger partial charge on any atom is -0.493 e. The van der Waals surface area contributed by atoms with Crippen molar-refractivity contribution in [2.24, 2.45) is 0 Å². The van der Waals surface area contributed by atoms with Gasteiger partial charge in [0.1, 0.15) is 0 Å². The Balaban J connectivity index is 1.63. The van der Waals surface area contributed by atoms with Gasteiger partial charge in [0.05, 0.1) is 33.2 Å². The second-order valence-electron chi connectivity index (χ2n) is 7.01. The zero-order valence-corrected chi connectivity index (χ0v) is 19.5. The van der Waals surface area contributed by atoms with Crippen molar-refractivity contribution in [1.29, 1.82) is 0 Å². The van der Waals surface area contributed by atoms with Gasteiger partial charge in [0.25, 0.3) is 0 Å². The molecule has 1 saturated heterocycles. The Kier molecular flexibility index (Phi) is 8.42. The summed E-state index contributed by atoms with van der Waals surface area (Å²) >= 11 is 1.43. The molecule has 2 aromatic rings. The lowest BCUT2D eigenvalue weighted by molar-refractivity contribution is -0.128. The fourth-order valence-electron chi connectivity index (χ4n) is 3.46. The van der Waals surface area contributed by atoms with Crippen molar-refractivity contribution in [1.82, 2.24) is 19.7 Å². The lowest BCUT2D eigenvalue weighted by Gasteiger charge is -2.27. The third kappa shape index (κ3) is 5.62. The molecule has 31 heavy (non-hydrogen) atoms. The molecule has 0 N–H and O–H groups in total. The van der Waals surface area contributed by atoms with E-state index in [1.165, 1.54) is 11.8 Å². The van der Waals surface area contributed by atoms with E-state index in [9.17, 15) is 4.79 Å². The molecular formula is C21H31N5O4S. The number of carbonyl (C=O) groups is 1. The van der Waals surface area contributed by atoms with Crippen LogP contribution in [-0.2, 0) is 22.6 Å². The van der Waals surface area contributed by atoms with Crippen LogP contribution < -0.4 is 14.4 Å². The highest BCUT2D eigenvalue weighted by molar-refractivity contribution is 7.99. The Labute approximate surface area is 187 Å². The molecule has 1 aromatic heterocycles. The summed E-state index contributed by atoms with van der Waals surface area (Å²) in [6, 6.07) is 5.72. The van der Waals surface area contributed by atoms with Crippen molar-refractivity contribution in [2.75, 3.05) is 57.7 Å². The average molecular weight is 450 g/mol. The minimum absolute atomic E-state index is 0.0564. The number of nitrogens with zero attached hydrogens (tertiary/aromatic N) is 5. The fourth-order valence-corrected chi connectivity index (χ4v) is 4.36. The summed E-state index contributed by atoms with van der Waals surface area (Å²) in [4.78, 5) is 16.9. The first-order valence-electron chi connectivity index (χ1n) is 10.5. The Hall–Kier alpha value is -2.46. The number of morpholine rings is 1. The third-order valence-corrected chi connectivity index (χ3v) is 6.14. The van der Waals surface area contributed by atoms with Crippen LogP contribution in [0.3, 0.4) is 0 Å². The first-order chi connectivity index (χ1) is 15.1. The molecule has 1 aromatic carbocycles. The number of amides is 1. The maximum Gasteiger partial charge on any atom is 0.233 e. The number of rotatable bonds is 10. The van der Waals surface area contributed by atoms with Gasteiger partial charge in [0.2, 0.25) is 11.9 Å². The zero-order chi connectivity index (χ0) is 22.2. The van der Waals surface area contributed by atoms with Gasteiger partial charge in [-0.2, -0.15) is 0 Å². The molecule has 9 nitrogen and oxygen atoms in total. The van der Waals surface area contributed by atoms with E-state index in [1.54, 1.807) is 14.2 Å². The normalized spacial score (nSPS) is 13.9. The fraction of sp³-hybridized carbons (Fsp3) is 0.571. The second kappa shape index (κ2) is 11.2. The quantitative estimate of drug-likeness (QED) is 0.511. The SMILES string of the molecule is CCN(Cc1ccc(OC)c(OC)c1)C(=O)CSc1nnc(N2CCOCC2)n1CC. The van der Waals surface area contributed by atoms with Crippen molar-refractivity contribution >= 4 is 23.6 Å². The molecule has 0 unspecified atom stereocenters. The van der Waals surface area contributed by atoms with E-state index in [-0.39, 0.29) is 5.91 Å². The summed E-state index contributed by atoms with van der Waals surface area (Å²) in [5, 5.41) is 9.47. The average Bonchev–Trinajstić information content (AvgIpc) is 3.24. The van der Waals surface area contributed by atoms with Crippen molar-refractivity contribution in [3.8, 4) is 11.5 Å². The summed E-state index contributed by atoms with van der Waals surface area (Å²) in [5.74, 6) is 2.54. The molecule has 2 heterocycles. The van der Waals surface area contributed by atoms with Gasteiger partial charge in [-0.15, -0.1) is 10.2 Å². The topological polar surface area (TPSA) is 82.0 Å². The van der Waals surface area contributed by atoms with Crippen LogP contribution in [0.15, 0.2) is 23.4 Å². The number of benzene rings is 1. The number of methoxy groups -OCH3 is 2. The predicted molar refractivity (Wildman–Crippen MR) is 120 cm³/mol. The maximum atomic E-state index is 12.9. The van der Waals surface area contributed by atoms with Crippen LogP contribution in [0.1, 0.15) is 19.4 Å². The first kappa shape index (κ1) is 23.2. The number of thioether (sulfide) groups is 1. The van der Waals surface area contributed by atoms with Gasteiger partial charge >= 0.3 is 0 Å². The summed E-state index contributed by atoms with van der Waals surface area (Å²) in [7, 11) is 3.21.